The van der Waals surface area contributed by atoms with Gasteiger partial charge in [0.2, 0.25) is 0 Å². The molecule has 2 amide bonds. The minimum atomic E-state index is 0.00826. The highest BCUT2D eigenvalue weighted by Gasteiger charge is 2.21. The van der Waals surface area contributed by atoms with Gasteiger partial charge in [0, 0.05) is 38.9 Å². The number of urea groups is 1. The largest absolute Gasteiger partial charge is 0.353 e. The predicted molar refractivity (Wildman–Crippen MR) is 91.4 cm³/mol. The first-order valence-electron chi connectivity index (χ1n) is 7.97. The Kier molecular flexibility index (Phi) is 4.76. The van der Waals surface area contributed by atoms with Gasteiger partial charge in [-0.05, 0) is 30.2 Å². The number of piperazine rings is 1. The summed E-state index contributed by atoms with van der Waals surface area (Å²) in [5.41, 5.74) is 2.36. The van der Waals surface area contributed by atoms with E-state index >= 15 is 0 Å². The lowest BCUT2D eigenvalue weighted by molar-refractivity contribution is 0.194. The van der Waals surface area contributed by atoms with Crippen LogP contribution >= 0.6 is 0 Å². The van der Waals surface area contributed by atoms with Crippen molar-refractivity contribution in [3.05, 3.63) is 59.8 Å². The molecule has 23 heavy (non-hydrogen) atoms. The van der Waals surface area contributed by atoms with Crippen molar-refractivity contribution < 1.29 is 4.79 Å². The zero-order chi connectivity index (χ0) is 16.1. The summed E-state index contributed by atoms with van der Waals surface area (Å²) < 4.78 is 0. The lowest BCUT2D eigenvalue weighted by Gasteiger charge is -2.35. The molecule has 1 aromatic carbocycles. The summed E-state index contributed by atoms with van der Waals surface area (Å²) in [7, 11) is 0. The Bertz CT molecular complexity index is 651. The molecule has 1 fully saturated rings. The predicted octanol–water partition coefficient (Wildman–Crippen LogP) is 2.42. The Morgan fingerprint density at radius 1 is 1.09 bits per heavy atom. The van der Waals surface area contributed by atoms with Gasteiger partial charge in [-0.2, -0.15) is 0 Å². The van der Waals surface area contributed by atoms with Crippen LogP contribution in [-0.4, -0.2) is 42.1 Å². The number of hydrogen-bond donors (Lipinski definition) is 1. The van der Waals surface area contributed by atoms with Gasteiger partial charge in [0.05, 0.1) is 0 Å². The van der Waals surface area contributed by atoms with E-state index in [-0.39, 0.29) is 6.03 Å². The minimum Gasteiger partial charge on any atom is -0.353 e. The number of carbonyl (C=O) groups is 1. The van der Waals surface area contributed by atoms with E-state index in [2.05, 4.69) is 34.3 Å². The maximum absolute atomic E-state index is 12.3. The van der Waals surface area contributed by atoms with Gasteiger partial charge in [0.15, 0.2) is 0 Å². The zero-order valence-electron chi connectivity index (χ0n) is 13.4. The topological polar surface area (TPSA) is 48.5 Å². The molecule has 1 saturated heterocycles. The molecule has 0 unspecified atom stereocenters. The standard InChI is InChI=1S/C18H22N4O/c1-15-6-2-3-7-16(15)14-20-18(23)22-12-10-21(11-13-22)17-8-4-5-9-19-17/h2-9H,10-14H2,1H3,(H,20,23). The second-order valence-electron chi connectivity index (χ2n) is 5.75. The van der Waals surface area contributed by atoms with Crippen LogP contribution in [0.4, 0.5) is 10.6 Å². The first-order chi connectivity index (χ1) is 11.2. The fourth-order valence-electron chi connectivity index (χ4n) is 2.77. The monoisotopic (exact) mass is 310 g/mol. The Morgan fingerprint density at radius 2 is 1.83 bits per heavy atom. The van der Waals surface area contributed by atoms with Crippen LogP contribution in [-0.2, 0) is 6.54 Å². The van der Waals surface area contributed by atoms with Crippen molar-refractivity contribution >= 4 is 11.8 Å². The first-order valence-corrected chi connectivity index (χ1v) is 7.97. The number of amides is 2. The van der Waals surface area contributed by atoms with Gasteiger partial charge in [-0.25, -0.2) is 9.78 Å². The number of nitrogens with one attached hydrogen (secondary N) is 1. The van der Waals surface area contributed by atoms with Crippen LogP contribution in [0.3, 0.4) is 0 Å². The summed E-state index contributed by atoms with van der Waals surface area (Å²) in [5.74, 6) is 0.979. The molecule has 3 rings (SSSR count). The van der Waals surface area contributed by atoms with Gasteiger partial charge >= 0.3 is 6.03 Å². The van der Waals surface area contributed by atoms with E-state index in [0.29, 0.717) is 6.54 Å². The molecular weight excluding hydrogens is 288 g/mol. The Morgan fingerprint density at radius 3 is 2.52 bits per heavy atom. The normalized spacial score (nSPS) is 14.7. The highest BCUT2D eigenvalue weighted by molar-refractivity contribution is 5.74. The van der Waals surface area contributed by atoms with Crippen LogP contribution in [0, 0.1) is 6.92 Å². The molecule has 1 N–H and O–H groups in total. The fraction of sp³-hybridized carbons (Fsp3) is 0.333. The van der Waals surface area contributed by atoms with Crippen LogP contribution in [0.1, 0.15) is 11.1 Å². The molecule has 0 aliphatic carbocycles. The van der Waals surface area contributed by atoms with Crippen molar-refractivity contribution in [1.29, 1.82) is 0 Å². The molecule has 1 aromatic heterocycles. The quantitative estimate of drug-likeness (QED) is 0.947. The number of rotatable bonds is 3. The van der Waals surface area contributed by atoms with Crippen molar-refractivity contribution in [3.63, 3.8) is 0 Å². The van der Waals surface area contributed by atoms with E-state index in [4.69, 9.17) is 0 Å². The second-order valence-corrected chi connectivity index (χ2v) is 5.75. The third-order valence-corrected chi connectivity index (χ3v) is 4.23. The van der Waals surface area contributed by atoms with E-state index < -0.39 is 0 Å². The summed E-state index contributed by atoms with van der Waals surface area (Å²) in [6.45, 7) is 5.70. The number of anilines is 1. The number of pyridine rings is 1. The molecule has 1 aliphatic heterocycles. The second kappa shape index (κ2) is 7.13. The number of carbonyl (C=O) groups excluding carboxylic acids is 1. The Labute approximate surface area is 136 Å². The van der Waals surface area contributed by atoms with Crippen LogP contribution in [0.2, 0.25) is 0 Å². The number of nitrogens with zero attached hydrogens (tertiary/aromatic N) is 3. The smallest absolute Gasteiger partial charge is 0.317 e. The molecular formula is C18H22N4O. The molecule has 2 aromatic rings. The zero-order valence-corrected chi connectivity index (χ0v) is 13.4. The fourth-order valence-corrected chi connectivity index (χ4v) is 2.77. The highest BCUT2D eigenvalue weighted by atomic mass is 16.2. The van der Waals surface area contributed by atoms with Gasteiger partial charge in [-0.15, -0.1) is 0 Å². The van der Waals surface area contributed by atoms with Crippen molar-refractivity contribution in [3.8, 4) is 0 Å². The molecule has 0 atom stereocenters. The van der Waals surface area contributed by atoms with E-state index in [0.717, 1.165) is 37.6 Å². The van der Waals surface area contributed by atoms with Crippen LogP contribution in [0.25, 0.3) is 0 Å². The SMILES string of the molecule is Cc1ccccc1CNC(=O)N1CCN(c2ccccn2)CC1. The average Bonchev–Trinajstić information content (AvgIpc) is 2.62. The van der Waals surface area contributed by atoms with Crippen molar-refractivity contribution in [2.75, 3.05) is 31.1 Å². The Hall–Kier alpha value is -2.56. The van der Waals surface area contributed by atoms with Crippen molar-refractivity contribution in [1.82, 2.24) is 15.2 Å². The maximum atomic E-state index is 12.3. The molecule has 2 heterocycles. The van der Waals surface area contributed by atoms with E-state index in [1.807, 2.05) is 35.2 Å². The molecule has 0 radical (unpaired) electrons. The molecule has 0 bridgehead atoms. The number of aryl methyl sites for hydroxylation is 1. The minimum absolute atomic E-state index is 0.00826. The summed E-state index contributed by atoms with van der Waals surface area (Å²) in [5, 5.41) is 3.02. The molecule has 5 nitrogen and oxygen atoms in total. The summed E-state index contributed by atoms with van der Waals surface area (Å²) >= 11 is 0. The van der Waals surface area contributed by atoms with Gasteiger partial charge < -0.3 is 15.1 Å². The van der Waals surface area contributed by atoms with Crippen LogP contribution < -0.4 is 10.2 Å². The molecule has 120 valence electrons. The Balaban J connectivity index is 1.50. The average molecular weight is 310 g/mol. The third kappa shape index (κ3) is 3.80. The number of benzene rings is 1. The van der Waals surface area contributed by atoms with Crippen LogP contribution in [0.5, 0.6) is 0 Å². The molecule has 0 saturated carbocycles. The number of hydrogen-bond acceptors (Lipinski definition) is 3. The molecule has 5 heteroatoms. The summed E-state index contributed by atoms with van der Waals surface area (Å²) in [4.78, 5) is 20.8. The molecule has 1 aliphatic rings. The van der Waals surface area contributed by atoms with Crippen molar-refractivity contribution in [2.24, 2.45) is 0 Å². The summed E-state index contributed by atoms with van der Waals surface area (Å²) in [6, 6.07) is 14.0. The lowest BCUT2D eigenvalue weighted by atomic mass is 10.1. The first kappa shape index (κ1) is 15.3. The number of aromatic nitrogens is 1. The van der Waals surface area contributed by atoms with E-state index in [1.54, 1.807) is 6.20 Å². The van der Waals surface area contributed by atoms with Gasteiger partial charge in [0.1, 0.15) is 5.82 Å². The summed E-state index contributed by atoms with van der Waals surface area (Å²) in [6.07, 6.45) is 1.80. The highest BCUT2D eigenvalue weighted by Crippen LogP contribution is 2.13. The van der Waals surface area contributed by atoms with Crippen LogP contribution in [0.15, 0.2) is 48.7 Å². The van der Waals surface area contributed by atoms with Gasteiger partial charge in [-0.1, -0.05) is 30.3 Å². The van der Waals surface area contributed by atoms with E-state index in [9.17, 15) is 4.79 Å². The van der Waals surface area contributed by atoms with Gasteiger partial charge in [0.25, 0.3) is 0 Å². The third-order valence-electron chi connectivity index (χ3n) is 4.23. The molecule has 0 spiro atoms. The lowest BCUT2D eigenvalue weighted by Crippen LogP contribution is -2.51. The van der Waals surface area contributed by atoms with Gasteiger partial charge in [-0.3, -0.25) is 0 Å². The van der Waals surface area contributed by atoms with E-state index in [1.165, 1.54) is 5.56 Å². The maximum Gasteiger partial charge on any atom is 0.317 e. The van der Waals surface area contributed by atoms with Crippen molar-refractivity contribution in [2.45, 2.75) is 13.5 Å².